The van der Waals surface area contributed by atoms with Gasteiger partial charge >= 0.3 is 5.97 Å². The number of ether oxygens (including phenoxy) is 2. The number of unbranched alkanes of at least 4 members (excludes halogenated alkanes) is 4. The Hall–Kier alpha value is -2.21. The molecule has 0 aromatic heterocycles. The summed E-state index contributed by atoms with van der Waals surface area (Å²) in [5.41, 5.74) is 0.759. The van der Waals surface area contributed by atoms with Crippen LogP contribution in [0.3, 0.4) is 0 Å². The van der Waals surface area contributed by atoms with Gasteiger partial charge in [-0.2, -0.15) is 0 Å². The number of esters is 1. The van der Waals surface area contributed by atoms with Crippen molar-refractivity contribution in [1.29, 1.82) is 0 Å². The predicted molar refractivity (Wildman–Crippen MR) is 96.9 cm³/mol. The van der Waals surface area contributed by atoms with Crippen molar-refractivity contribution in [3.8, 4) is 0 Å². The van der Waals surface area contributed by atoms with E-state index in [2.05, 4.69) is 6.92 Å². The van der Waals surface area contributed by atoms with Crippen molar-refractivity contribution in [2.75, 3.05) is 19.8 Å². The third-order valence-electron chi connectivity index (χ3n) is 4.37. The molecule has 0 bridgehead atoms. The van der Waals surface area contributed by atoms with Gasteiger partial charge in [0.05, 0.1) is 23.8 Å². The quantitative estimate of drug-likeness (QED) is 0.344. The molecule has 1 heterocycles. The summed E-state index contributed by atoms with van der Waals surface area (Å²) in [5.74, 6) is -1.19. The Morgan fingerprint density at radius 2 is 1.62 bits per heavy atom. The number of hydrogen-bond donors (Lipinski definition) is 0. The van der Waals surface area contributed by atoms with E-state index in [1.807, 2.05) is 0 Å². The number of benzene rings is 1. The van der Waals surface area contributed by atoms with Gasteiger partial charge in [-0.05, 0) is 18.6 Å². The first-order chi connectivity index (χ1) is 12.6. The van der Waals surface area contributed by atoms with E-state index in [1.54, 1.807) is 24.3 Å². The molecule has 0 saturated carbocycles. The van der Waals surface area contributed by atoms with Crippen LogP contribution in [0.15, 0.2) is 24.3 Å². The summed E-state index contributed by atoms with van der Waals surface area (Å²) >= 11 is 0. The van der Waals surface area contributed by atoms with Gasteiger partial charge in [0.1, 0.15) is 6.61 Å². The van der Waals surface area contributed by atoms with Crippen LogP contribution in [0.5, 0.6) is 0 Å². The first kappa shape index (κ1) is 20.1. The molecule has 2 amide bonds. The largest absolute Gasteiger partial charge is 0.464 e. The minimum absolute atomic E-state index is 0.0589. The van der Waals surface area contributed by atoms with E-state index in [0.717, 1.165) is 17.7 Å². The van der Waals surface area contributed by atoms with Gasteiger partial charge in [-0.15, -0.1) is 0 Å². The fraction of sp³-hybridized carbons (Fsp3) is 0.550. The molecule has 1 aliphatic heterocycles. The summed E-state index contributed by atoms with van der Waals surface area (Å²) in [6, 6.07) is 6.09. The van der Waals surface area contributed by atoms with Crippen LogP contribution in [0.2, 0.25) is 0 Å². The zero-order valence-electron chi connectivity index (χ0n) is 15.5. The molecular formula is C20H27NO5. The van der Waals surface area contributed by atoms with Gasteiger partial charge in [0.15, 0.2) is 0 Å². The summed E-state index contributed by atoms with van der Waals surface area (Å²) in [5, 5.41) is 0. The Kier molecular flexibility index (Phi) is 7.78. The maximum absolute atomic E-state index is 12.6. The van der Waals surface area contributed by atoms with Crippen LogP contribution in [-0.4, -0.2) is 48.5 Å². The van der Waals surface area contributed by atoms with Crippen molar-refractivity contribution in [3.63, 3.8) is 0 Å². The number of amides is 2. The van der Waals surface area contributed by atoms with Gasteiger partial charge in [-0.3, -0.25) is 19.3 Å². The first-order valence-corrected chi connectivity index (χ1v) is 9.24. The average Bonchev–Trinajstić information content (AvgIpc) is 2.88. The number of fused-ring (bicyclic) bond motifs is 1. The molecule has 1 unspecified atom stereocenters. The van der Waals surface area contributed by atoms with Gasteiger partial charge in [-0.1, -0.05) is 44.7 Å². The van der Waals surface area contributed by atoms with Crippen molar-refractivity contribution in [2.24, 2.45) is 0 Å². The lowest BCUT2D eigenvalue weighted by Crippen LogP contribution is -2.45. The lowest BCUT2D eigenvalue weighted by Gasteiger charge is -2.25. The fourth-order valence-corrected chi connectivity index (χ4v) is 2.98. The standard InChI is InChI=1S/C20H27NO5/c1-3-4-5-6-9-12-25-13-16(14-26-15(2)22)21-19(23)17-10-7-8-11-18(17)20(21)24/h7-8,10-11,16H,3-6,9,12-14H2,1-2H3. The summed E-state index contributed by atoms with van der Waals surface area (Å²) in [4.78, 5) is 37.5. The SMILES string of the molecule is CCCCCCCOCC(COC(C)=O)N1C(=O)c2ccccc2C1=O. The van der Waals surface area contributed by atoms with Crippen molar-refractivity contribution in [2.45, 2.75) is 52.0 Å². The summed E-state index contributed by atoms with van der Waals surface area (Å²) in [7, 11) is 0. The summed E-state index contributed by atoms with van der Waals surface area (Å²) < 4.78 is 10.7. The van der Waals surface area contributed by atoms with E-state index >= 15 is 0 Å². The molecule has 142 valence electrons. The Bertz CT molecular complexity index is 608. The third-order valence-corrected chi connectivity index (χ3v) is 4.37. The molecule has 6 heteroatoms. The van der Waals surface area contributed by atoms with E-state index in [-0.39, 0.29) is 25.0 Å². The topological polar surface area (TPSA) is 72.9 Å². The zero-order chi connectivity index (χ0) is 18.9. The lowest BCUT2D eigenvalue weighted by molar-refractivity contribution is -0.142. The van der Waals surface area contributed by atoms with Crippen molar-refractivity contribution >= 4 is 17.8 Å². The minimum atomic E-state index is -0.623. The van der Waals surface area contributed by atoms with Crippen molar-refractivity contribution < 1.29 is 23.9 Å². The van der Waals surface area contributed by atoms with Gasteiger partial charge in [0, 0.05) is 13.5 Å². The molecule has 26 heavy (non-hydrogen) atoms. The lowest BCUT2D eigenvalue weighted by atomic mass is 10.1. The molecule has 0 radical (unpaired) electrons. The second-order valence-electron chi connectivity index (χ2n) is 6.47. The molecule has 0 saturated heterocycles. The van der Waals surface area contributed by atoms with Crippen LogP contribution in [-0.2, 0) is 14.3 Å². The molecule has 0 N–H and O–H groups in total. The highest BCUT2D eigenvalue weighted by atomic mass is 16.5. The number of rotatable bonds is 11. The molecule has 1 aromatic carbocycles. The van der Waals surface area contributed by atoms with Gasteiger partial charge in [0.2, 0.25) is 0 Å². The van der Waals surface area contributed by atoms with Crippen LogP contribution in [0, 0.1) is 0 Å². The van der Waals surface area contributed by atoms with E-state index in [1.165, 1.54) is 26.2 Å². The molecule has 2 rings (SSSR count). The van der Waals surface area contributed by atoms with Crippen LogP contribution in [0.1, 0.15) is 66.7 Å². The molecule has 0 aliphatic carbocycles. The van der Waals surface area contributed by atoms with Crippen LogP contribution in [0.25, 0.3) is 0 Å². The number of carbonyl (C=O) groups is 3. The van der Waals surface area contributed by atoms with E-state index in [9.17, 15) is 14.4 Å². The molecule has 6 nitrogen and oxygen atoms in total. The Balaban J connectivity index is 1.95. The van der Waals surface area contributed by atoms with Gasteiger partial charge < -0.3 is 9.47 Å². The van der Waals surface area contributed by atoms with Crippen molar-refractivity contribution in [3.05, 3.63) is 35.4 Å². The van der Waals surface area contributed by atoms with Gasteiger partial charge in [0.25, 0.3) is 11.8 Å². The maximum Gasteiger partial charge on any atom is 0.302 e. The number of carbonyl (C=O) groups excluding carboxylic acids is 3. The monoisotopic (exact) mass is 361 g/mol. The van der Waals surface area contributed by atoms with Crippen molar-refractivity contribution in [1.82, 2.24) is 4.90 Å². The zero-order valence-corrected chi connectivity index (χ0v) is 15.5. The Labute approximate surface area is 154 Å². The number of imide groups is 1. The van der Waals surface area contributed by atoms with E-state index < -0.39 is 12.0 Å². The van der Waals surface area contributed by atoms with Gasteiger partial charge in [-0.25, -0.2) is 0 Å². The summed E-state index contributed by atoms with van der Waals surface area (Å²) in [6.45, 7) is 4.12. The molecule has 0 spiro atoms. The Morgan fingerprint density at radius 1 is 1.00 bits per heavy atom. The average molecular weight is 361 g/mol. The molecule has 1 aliphatic rings. The van der Waals surface area contributed by atoms with Crippen LogP contribution in [0.4, 0.5) is 0 Å². The van der Waals surface area contributed by atoms with Crippen LogP contribution < -0.4 is 0 Å². The number of hydrogen-bond acceptors (Lipinski definition) is 5. The third kappa shape index (κ3) is 5.14. The molecule has 1 atom stereocenters. The highest BCUT2D eigenvalue weighted by Gasteiger charge is 2.40. The normalized spacial score (nSPS) is 14.5. The van der Waals surface area contributed by atoms with E-state index in [4.69, 9.17) is 9.47 Å². The summed E-state index contributed by atoms with van der Waals surface area (Å²) in [6.07, 6.45) is 5.60. The highest BCUT2D eigenvalue weighted by molar-refractivity contribution is 6.21. The molecular weight excluding hydrogens is 334 g/mol. The highest BCUT2D eigenvalue weighted by Crippen LogP contribution is 2.24. The second-order valence-corrected chi connectivity index (χ2v) is 6.47. The fourth-order valence-electron chi connectivity index (χ4n) is 2.98. The molecule has 1 aromatic rings. The second kappa shape index (κ2) is 10.1. The Morgan fingerprint density at radius 3 is 2.19 bits per heavy atom. The van der Waals surface area contributed by atoms with E-state index in [0.29, 0.717) is 17.7 Å². The smallest absolute Gasteiger partial charge is 0.302 e. The predicted octanol–water partition coefficient (Wildman–Crippen LogP) is 3.20. The van der Waals surface area contributed by atoms with Crippen LogP contribution >= 0.6 is 0 Å². The minimum Gasteiger partial charge on any atom is -0.464 e. The maximum atomic E-state index is 12.6. The molecule has 0 fully saturated rings. The first-order valence-electron chi connectivity index (χ1n) is 9.24. The number of nitrogens with zero attached hydrogens (tertiary/aromatic N) is 1.